The molecule has 2 aromatic rings. The molecule has 0 bridgehead atoms. The highest BCUT2D eigenvalue weighted by molar-refractivity contribution is 7.91. The second-order valence-electron chi connectivity index (χ2n) is 7.46. The lowest BCUT2D eigenvalue weighted by Crippen LogP contribution is -2.47. The first-order valence-electron chi connectivity index (χ1n) is 9.32. The lowest BCUT2D eigenvalue weighted by Gasteiger charge is -2.34. The van der Waals surface area contributed by atoms with E-state index in [0.29, 0.717) is 24.0 Å². The number of sulfone groups is 1. The van der Waals surface area contributed by atoms with Gasteiger partial charge in [0.05, 0.1) is 22.1 Å². The van der Waals surface area contributed by atoms with Crippen LogP contribution in [0.1, 0.15) is 49.1 Å². The second kappa shape index (κ2) is 6.75. The van der Waals surface area contributed by atoms with Gasteiger partial charge in [0.2, 0.25) is 5.91 Å². The molecule has 1 atom stereocenters. The Labute approximate surface area is 158 Å². The van der Waals surface area contributed by atoms with Gasteiger partial charge in [-0.3, -0.25) is 4.79 Å². The Kier molecular flexibility index (Phi) is 4.54. The van der Waals surface area contributed by atoms with Gasteiger partial charge in [-0.05, 0) is 37.0 Å². The minimum atomic E-state index is -3.35. The van der Waals surface area contributed by atoms with E-state index in [9.17, 15) is 17.6 Å². The number of fused-ring (bicyclic) bond motifs is 1. The molecule has 0 aromatic heterocycles. The SMILES string of the molecule is O=C(NC1(c2ccccc2F)CCCC1)C1CCS(=O)(=O)c2ccccc21. The minimum Gasteiger partial charge on any atom is -0.346 e. The largest absolute Gasteiger partial charge is 0.346 e. The Bertz CT molecular complexity index is 980. The molecule has 6 heteroatoms. The van der Waals surface area contributed by atoms with E-state index in [1.807, 2.05) is 0 Å². The third kappa shape index (κ3) is 3.16. The summed E-state index contributed by atoms with van der Waals surface area (Å²) in [6, 6.07) is 13.3. The van der Waals surface area contributed by atoms with Crippen LogP contribution in [-0.2, 0) is 20.2 Å². The van der Waals surface area contributed by atoms with Gasteiger partial charge in [-0.15, -0.1) is 0 Å². The standard InChI is InChI=1S/C21H22FNO3S/c22-18-9-3-2-8-17(18)21(12-5-6-13-21)23-20(24)16-11-14-27(25,26)19-10-4-1-7-15(16)19/h1-4,7-10,16H,5-6,11-14H2,(H,23,24). The molecule has 1 N–H and O–H groups in total. The molecular weight excluding hydrogens is 365 g/mol. The van der Waals surface area contributed by atoms with Crippen LogP contribution in [-0.4, -0.2) is 20.1 Å². The number of nitrogens with one attached hydrogen (secondary N) is 1. The van der Waals surface area contributed by atoms with E-state index in [1.165, 1.54) is 6.07 Å². The van der Waals surface area contributed by atoms with Crippen molar-refractivity contribution in [2.75, 3.05) is 5.75 Å². The van der Waals surface area contributed by atoms with Crippen LogP contribution in [0.15, 0.2) is 53.4 Å². The maximum Gasteiger partial charge on any atom is 0.228 e. The van der Waals surface area contributed by atoms with E-state index < -0.39 is 21.3 Å². The highest BCUT2D eigenvalue weighted by Crippen LogP contribution is 2.41. The molecule has 1 amide bonds. The molecule has 1 unspecified atom stereocenters. The molecule has 0 saturated heterocycles. The zero-order valence-electron chi connectivity index (χ0n) is 14.9. The van der Waals surface area contributed by atoms with Crippen molar-refractivity contribution in [1.82, 2.24) is 5.32 Å². The van der Waals surface area contributed by atoms with Crippen LogP contribution in [0.4, 0.5) is 4.39 Å². The molecule has 1 saturated carbocycles. The van der Waals surface area contributed by atoms with Gasteiger partial charge in [-0.1, -0.05) is 49.2 Å². The highest BCUT2D eigenvalue weighted by atomic mass is 32.2. The number of benzene rings is 2. The van der Waals surface area contributed by atoms with Crippen molar-refractivity contribution < 1.29 is 17.6 Å². The average Bonchev–Trinajstić information content (AvgIpc) is 3.11. The number of hydrogen-bond donors (Lipinski definition) is 1. The Balaban J connectivity index is 1.68. The molecular formula is C21H22FNO3S. The van der Waals surface area contributed by atoms with Crippen LogP contribution in [0.5, 0.6) is 0 Å². The van der Waals surface area contributed by atoms with E-state index in [1.54, 1.807) is 42.5 Å². The van der Waals surface area contributed by atoms with Gasteiger partial charge in [0.25, 0.3) is 0 Å². The summed E-state index contributed by atoms with van der Waals surface area (Å²) in [6.45, 7) is 0. The molecule has 142 valence electrons. The highest BCUT2D eigenvalue weighted by Gasteiger charge is 2.42. The molecule has 1 heterocycles. The predicted molar refractivity (Wildman–Crippen MR) is 101 cm³/mol. The molecule has 4 nitrogen and oxygen atoms in total. The van der Waals surface area contributed by atoms with Gasteiger partial charge in [-0.2, -0.15) is 0 Å². The van der Waals surface area contributed by atoms with Crippen molar-refractivity contribution in [1.29, 1.82) is 0 Å². The molecule has 2 aliphatic rings. The van der Waals surface area contributed by atoms with Gasteiger partial charge in [0, 0.05) is 5.56 Å². The normalized spacial score (nSPS) is 22.8. The van der Waals surface area contributed by atoms with Crippen molar-refractivity contribution >= 4 is 15.7 Å². The summed E-state index contributed by atoms with van der Waals surface area (Å²) >= 11 is 0. The third-order valence-electron chi connectivity index (χ3n) is 5.83. The van der Waals surface area contributed by atoms with Crippen molar-refractivity contribution in [2.24, 2.45) is 0 Å². The van der Waals surface area contributed by atoms with E-state index in [0.717, 1.165) is 12.8 Å². The van der Waals surface area contributed by atoms with Crippen LogP contribution >= 0.6 is 0 Å². The number of hydrogen-bond acceptors (Lipinski definition) is 3. The Morgan fingerprint density at radius 2 is 1.70 bits per heavy atom. The number of halogens is 1. The van der Waals surface area contributed by atoms with E-state index in [-0.39, 0.29) is 28.8 Å². The van der Waals surface area contributed by atoms with Crippen molar-refractivity contribution in [3.05, 3.63) is 65.5 Å². The second-order valence-corrected chi connectivity index (χ2v) is 9.53. The van der Waals surface area contributed by atoms with Crippen molar-refractivity contribution in [3.63, 3.8) is 0 Å². The number of carbonyl (C=O) groups excluding carboxylic acids is 1. The molecule has 1 aliphatic carbocycles. The van der Waals surface area contributed by atoms with Gasteiger partial charge < -0.3 is 5.32 Å². The first kappa shape index (κ1) is 18.2. The first-order valence-corrected chi connectivity index (χ1v) is 11.0. The lowest BCUT2D eigenvalue weighted by molar-refractivity contribution is -0.124. The summed E-state index contributed by atoms with van der Waals surface area (Å²) in [5.41, 5.74) is 0.351. The molecule has 1 aliphatic heterocycles. The molecule has 0 radical (unpaired) electrons. The van der Waals surface area contributed by atoms with Crippen LogP contribution < -0.4 is 5.32 Å². The molecule has 0 spiro atoms. The number of amides is 1. The topological polar surface area (TPSA) is 63.2 Å². The lowest BCUT2D eigenvalue weighted by atomic mass is 9.86. The third-order valence-corrected chi connectivity index (χ3v) is 7.65. The smallest absolute Gasteiger partial charge is 0.228 e. The first-order chi connectivity index (χ1) is 12.9. The molecule has 4 rings (SSSR count). The monoisotopic (exact) mass is 387 g/mol. The van der Waals surface area contributed by atoms with E-state index >= 15 is 0 Å². The zero-order chi connectivity index (χ0) is 19.1. The van der Waals surface area contributed by atoms with Crippen LogP contribution in [0, 0.1) is 5.82 Å². The van der Waals surface area contributed by atoms with Crippen LogP contribution in [0.3, 0.4) is 0 Å². The average molecular weight is 387 g/mol. The summed E-state index contributed by atoms with van der Waals surface area (Å²) in [6.07, 6.45) is 3.46. The molecule has 2 aromatic carbocycles. The maximum atomic E-state index is 14.5. The summed E-state index contributed by atoms with van der Waals surface area (Å²) in [5, 5.41) is 3.11. The fourth-order valence-corrected chi connectivity index (χ4v) is 6.10. The summed E-state index contributed by atoms with van der Waals surface area (Å²) in [5.74, 6) is -1.11. The predicted octanol–water partition coefficient (Wildman–Crippen LogP) is 3.67. The number of carbonyl (C=O) groups is 1. The quantitative estimate of drug-likeness (QED) is 0.874. The van der Waals surface area contributed by atoms with Crippen LogP contribution in [0.25, 0.3) is 0 Å². The van der Waals surface area contributed by atoms with Gasteiger partial charge in [-0.25, -0.2) is 12.8 Å². The molecule has 1 fully saturated rings. The van der Waals surface area contributed by atoms with Crippen molar-refractivity contribution in [3.8, 4) is 0 Å². The summed E-state index contributed by atoms with van der Waals surface area (Å²) in [7, 11) is -3.35. The molecule has 27 heavy (non-hydrogen) atoms. The Morgan fingerprint density at radius 3 is 2.44 bits per heavy atom. The van der Waals surface area contributed by atoms with E-state index in [4.69, 9.17) is 0 Å². The maximum absolute atomic E-state index is 14.5. The van der Waals surface area contributed by atoms with Gasteiger partial charge in [0.1, 0.15) is 5.82 Å². The fraction of sp³-hybridized carbons (Fsp3) is 0.381. The van der Waals surface area contributed by atoms with Gasteiger partial charge in [0.15, 0.2) is 9.84 Å². The Morgan fingerprint density at radius 1 is 1.04 bits per heavy atom. The number of rotatable bonds is 3. The van der Waals surface area contributed by atoms with E-state index in [2.05, 4.69) is 5.32 Å². The Hall–Kier alpha value is -2.21. The minimum absolute atomic E-state index is 0.0468. The summed E-state index contributed by atoms with van der Waals surface area (Å²) in [4.78, 5) is 13.4. The van der Waals surface area contributed by atoms with Crippen LogP contribution in [0.2, 0.25) is 0 Å². The zero-order valence-corrected chi connectivity index (χ0v) is 15.8. The summed E-state index contributed by atoms with van der Waals surface area (Å²) < 4.78 is 39.2. The van der Waals surface area contributed by atoms with Gasteiger partial charge >= 0.3 is 0 Å². The van der Waals surface area contributed by atoms with Crippen molar-refractivity contribution in [2.45, 2.75) is 48.5 Å². The fourth-order valence-electron chi connectivity index (χ4n) is 4.47.